The van der Waals surface area contributed by atoms with Crippen molar-refractivity contribution in [1.82, 2.24) is 13.9 Å². The van der Waals surface area contributed by atoms with Gasteiger partial charge in [0.05, 0.1) is 23.6 Å². The lowest BCUT2D eigenvalue weighted by Gasteiger charge is -2.16. The van der Waals surface area contributed by atoms with E-state index >= 15 is 0 Å². The second kappa shape index (κ2) is 9.35. The van der Waals surface area contributed by atoms with Gasteiger partial charge in [0, 0.05) is 36.4 Å². The minimum atomic E-state index is -3.61. The topological polar surface area (TPSA) is 101 Å². The molecule has 0 radical (unpaired) electrons. The van der Waals surface area contributed by atoms with Gasteiger partial charge in [-0.25, -0.2) is 13.4 Å². The third kappa shape index (κ3) is 5.14. The van der Waals surface area contributed by atoms with Crippen LogP contribution in [0.3, 0.4) is 0 Å². The summed E-state index contributed by atoms with van der Waals surface area (Å²) in [5, 5.41) is 5.24. The Hall–Kier alpha value is -2.82. The van der Waals surface area contributed by atoms with Crippen LogP contribution in [0.25, 0.3) is 0 Å². The number of nitrogens with zero attached hydrogens (tertiary/aromatic N) is 3. The van der Waals surface area contributed by atoms with E-state index < -0.39 is 10.0 Å². The molecule has 0 saturated carbocycles. The minimum absolute atomic E-state index is 0.104. The number of pyridine rings is 1. The molecule has 0 unspecified atom stereocenters. The Balaban J connectivity index is 1.44. The number of hydrogen-bond acceptors (Lipinski definition) is 6. The minimum Gasteiger partial charge on any atom is -0.326 e. The Morgan fingerprint density at radius 1 is 1.12 bits per heavy atom. The van der Waals surface area contributed by atoms with E-state index in [1.165, 1.54) is 38.5 Å². The second-order valence-corrected chi connectivity index (χ2v) is 10.6. The van der Waals surface area contributed by atoms with Crippen LogP contribution < -0.4 is 10.9 Å². The number of amides is 1. The summed E-state index contributed by atoms with van der Waals surface area (Å²) in [7, 11) is -3.61. The molecule has 0 atom stereocenters. The number of aromatic nitrogens is 2. The monoisotopic (exact) mass is 472 g/mol. The molecule has 1 saturated heterocycles. The van der Waals surface area contributed by atoms with E-state index in [1.807, 2.05) is 31.2 Å². The van der Waals surface area contributed by atoms with Crippen molar-refractivity contribution in [1.29, 1.82) is 0 Å². The van der Waals surface area contributed by atoms with Gasteiger partial charge in [0.2, 0.25) is 15.9 Å². The predicted molar refractivity (Wildman–Crippen MR) is 123 cm³/mol. The molecule has 0 bridgehead atoms. The molecule has 8 nitrogen and oxygen atoms in total. The normalized spacial score (nSPS) is 14.5. The molecular weight excluding hydrogens is 448 g/mol. The maximum absolute atomic E-state index is 12.8. The molecule has 1 amide bonds. The van der Waals surface area contributed by atoms with Crippen LogP contribution in [-0.4, -0.2) is 41.3 Å². The molecule has 1 N–H and O–H groups in total. The van der Waals surface area contributed by atoms with Crippen LogP contribution in [0.4, 0.5) is 5.69 Å². The van der Waals surface area contributed by atoms with Crippen molar-refractivity contribution in [2.45, 2.75) is 37.6 Å². The Labute approximate surface area is 190 Å². The third-order valence-corrected chi connectivity index (χ3v) is 8.02. The lowest BCUT2D eigenvalue weighted by atomic mass is 10.2. The number of benzene rings is 1. The van der Waals surface area contributed by atoms with Gasteiger partial charge < -0.3 is 9.88 Å². The molecule has 10 heteroatoms. The van der Waals surface area contributed by atoms with Gasteiger partial charge in [-0.15, -0.1) is 11.3 Å². The van der Waals surface area contributed by atoms with Crippen molar-refractivity contribution < 1.29 is 13.2 Å². The van der Waals surface area contributed by atoms with E-state index in [0.29, 0.717) is 23.8 Å². The summed E-state index contributed by atoms with van der Waals surface area (Å²) in [5.41, 5.74) is 2.13. The number of thiazole rings is 1. The molecule has 2 aromatic heterocycles. The summed E-state index contributed by atoms with van der Waals surface area (Å²) in [6, 6.07) is 10.2. The average molecular weight is 473 g/mol. The molecule has 3 aromatic rings. The zero-order valence-corrected chi connectivity index (χ0v) is 19.3. The van der Waals surface area contributed by atoms with Gasteiger partial charge in [-0.05, 0) is 38.0 Å². The largest absolute Gasteiger partial charge is 0.326 e. The molecule has 1 aromatic carbocycles. The number of carbonyl (C=O) groups excluding carboxylic acids is 1. The van der Waals surface area contributed by atoms with Gasteiger partial charge >= 0.3 is 0 Å². The lowest BCUT2D eigenvalue weighted by molar-refractivity contribution is -0.115. The predicted octanol–water partition coefficient (Wildman–Crippen LogP) is 2.63. The highest BCUT2D eigenvalue weighted by Crippen LogP contribution is 2.20. The van der Waals surface area contributed by atoms with E-state index in [-0.39, 0.29) is 29.3 Å². The first-order valence-electron chi connectivity index (χ1n) is 10.3. The van der Waals surface area contributed by atoms with Crippen LogP contribution in [0.1, 0.15) is 29.1 Å². The molecule has 1 fully saturated rings. The third-order valence-electron chi connectivity index (χ3n) is 5.24. The van der Waals surface area contributed by atoms with Crippen LogP contribution in [0.15, 0.2) is 57.7 Å². The maximum Gasteiger partial charge on any atom is 0.250 e. The molecule has 1 aliphatic heterocycles. The average Bonchev–Trinajstić information content (AvgIpc) is 3.44. The highest BCUT2D eigenvalue weighted by atomic mass is 32.2. The summed E-state index contributed by atoms with van der Waals surface area (Å²) in [6.45, 7) is 3.12. The number of nitrogens with one attached hydrogen (secondary N) is 1. The second-order valence-electron chi connectivity index (χ2n) is 7.77. The SMILES string of the molecule is Cc1ccc(NC(=O)Cc2nc(Cn3cc(S(=O)(=O)N4CCCC4)ccc3=O)cs2)cc1. The Morgan fingerprint density at radius 3 is 2.56 bits per heavy atom. The van der Waals surface area contributed by atoms with Crippen LogP contribution >= 0.6 is 11.3 Å². The summed E-state index contributed by atoms with van der Waals surface area (Å²) in [6.07, 6.45) is 3.19. The summed E-state index contributed by atoms with van der Waals surface area (Å²) in [5.74, 6) is -0.175. The number of sulfonamides is 1. The first-order valence-corrected chi connectivity index (χ1v) is 12.6. The van der Waals surface area contributed by atoms with Gasteiger partial charge in [0.25, 0.3) is 5.56 Å². The van der Waals surface area contributed by atoms with Crippen LogP contribution in [0.5, 0.6) is 0 Å². The standard InChI is InChI=1S/C22H24N4O4S2/c1-16-4-6-17(7-5-16)23-20(27)12-21-24-18(15-31-21)13-25-14-19(8-9-22(25)28)32(29,30)26-10-2-3-11-26/h4-9,14-15H,2-3,10-13H2,1H3,(H,23,27). The molecule has 168 valence electrons. The summed E-state index contributed by atoms with van der Waals surface area (Å²) >= 11 is 1.33. The van der Waals surface area contributed by atoms with Crippen LogP contribution in [0, 0.1) is 6.92 Å². The summed E-state index contributed by atoms with van der Waals surface area (Å²) in [4.78, 5) is 29.2. The zero-order chi connectivity index (χ0) is 22.7. The molecule has 0 spiro atoms. The van der Waals surface area contributed by atoms with E-state index in [2.05, 4.69) is 10.3 Å². The summed E-state index contributed by atoms with van der Waals surface area (Å²) < 4.78 is 28.4. The van der Waals surface area contributed by atoms with E-state index in [9.17, 15) is 18.0 Å². The lowest BCUT2D eigenvalue weighted by Crippen LogP contribution is -2.29. The van der Waals surface area contributed by atoms with Gasteiger partial charge in [-0.3, -0.25) is 9.59 Å². The van der Waals surface area contributed by atoms with Crippen molar-refractivity contribution >= 4 is 33.0 Å². The van der Waals surface area contributed by atoms with Crippen molar-refractivity contribution in [3.63, 3.8) is 0 Å². The van der Waals surface area contributed by atoms with Crippen molar-refractivity contribution in [2.24, 2.45) is 0 Å². The van der Waals surface area contributed by atoms with Crippen molar-refractivity contribution in [3.05, 3.63) is 74.6 Å². The highest BCUT2D eigenvalue weighted by molar-refractivity contribution is 7.89. The fraction of sp³-hybridized carbons (Fsp3) is 0.318. The number of aryl methyl sites for hydroxylation is 1. The Morgan fingerprint density at radius 2 is 1.84 bits per heavy atom. The molecular formula is C22H24N4O4S2. The van der Waals surface area contributed by atoms with E-state index in [1.54, 1.807) is 5.38 Å². The molecule has 1 aliphatic rings. The van der Waals surface area contributed by atoms with Gasteiger partial charge in [-0.1, -0.05) is 17.7 Å². The Kier molecular flexibility index (Phi) is 6.54. The number of carbonyl (C=O) groups is 1. The van der Waals surface area contributed by atoms with Gasteiger partial charge in [0.1, 0.15) is 5.01 Å². The fourth-order valence-corrected chi connectivity index (χ4v) is 5.84. The van der Waals surface area contributed by atoms with Crippen LogP contribution in [0.2, 0.25) is 0 Å². The van der Waals surface area contributed by atoms with Crippen molar-refractivity contribution in [3.8, 4) is 0 Å². The number of anilines is 1. The number of rotatable bonds is 7. The van der Waals surface area contributed by atoms with Gasteiger partial charge in [-0.2, -0.15) is 4.31 Å². The highest BCUT2D eigenvalue weighted by Gasteiger charge is 2.27. The van der Waals surface area contributed by atoms with E-state index in [4.69, 9.17) is 0 Å². The zero-order valence-electron chi connectivity index (χ0n) is 17.7. The maximum atomic E-state index is 12.8. The van der Waals surface area contributed by atoms with Crippen LogP contribution in [-0.2, 0) is 27.8 Å². The smallest absolute Gasteiger partial charge is 0.250 e. The van der Waals surface area contributed by atoms with E-state index in [0.717, 1.165) is 24.1 Å². The first kappa shape index (κ1) is 22.4. The molecule has 0 aliphatic carbocycles. The molecule has 3 heterocycles. The van der Waals surface area contributed by atoms with Crippen molar-refractivity contribution in [2.75, 3.05) is 18.4 Å². The quantitative estimate of drug-likeness (QED) is 0.570. The van der Waals surface area contributed by atoms with Gasteiger partial charge in [0.15, 0.2) is 0 Å². The first-order chi connectivity index (χ1) is 15.3. The molecule has 4 rings (SSSR count). The molecule has 32 heavy (non-hydrogen) atoms. The Bertz CT molecular complexity index is 1270. The fourth-order valence-electron chi connectivity index (χ4n) is 3.52. The number of hydrogen-bond donors (Lipinski definition) is 1.